The van der Waals surface area contributed by atoms with Crippen molar-refractivity contribution in [2.75, 3.05) is 18.5 Å². The molecule has 1 atom stereocenters. The number of hydrogen-bond acceptors (Lipinski definition) is 6. The molecule has 0 saturated carbocycles. The first-order chi connectivity index (χ1) is 12.1. The van der Waals surface area contributed by atoms with Crippen molar-refractivity contribution in [3.05, 3.63) is 36.3 Å². The smallest absolute Gasteiger partial charge is 0.163 e. The number of nitrogens with one attached hydrogen (secondary N) is 1. The van der Waals surface area contributed by atoms with Gasteiger partial charge in [0.15, 0.2) is 17.1 Å². The molecule has 3 heterocycles. The highest BCUT2D eigenvalue weighted by atomic mass is 16.6. The van der Waals surface area contributed by atoms with E-state index in [1.807, 2.05) is 19.2 Å². The molecule has 0 bridgehead atoms. The molecule has 0 unspecified atom stereocenters. The molecule has 1 aliphatic heterocycles. The largest absolute Gasteiger partial charge is 0.486 e. The molecule has 3 aromatic rings. The number of aromatic nitrogens is 4. The van der Waals surface area contributed by atoms with Crippen LogP contribution in [0.4, 0.5) is 5.82 Å². The number of hydrogen-bond donors (Lipinski definition) is 1. The fourth-order valence-corrected chi connectivity index (χ4v) is 3.11. The van der Waals surface area contributed by atoms with Crippen LogP contribution in [0.5, 0.6) is 11.5 Å². The van der Waals surface area contributed by atoms with Gasteiger partial charge in [0.1, 0.15) is 25.4 Å². The van der Waals surface area contributed by atoms with E-state index in [0.717, 1.165) is 33.9 Å². The summed E-state index contributed by atoms with van der Waals surface area (Å²) in [5.41, 5.74) is 1.94. The lowest BCUT2D eigenvalue weighted by molar-refractivity contribution is 0.171. The Bertz CT molecular complexity index is 906. The van der Waals surface area contributed by atoms with Crippen LogP contribution in [0.2, 0.25) is 0 Å². The van der Waals surface area contributed by atoms with E-state index in [4.69, 9.17) is 9.47 Å². The van der Waals surface area contributed by atoms with Crippen LogP contribution >= 0.6 is 0 Å². The first-order valence-corrected chi connectivity index (χ1v) is 8.42. The zero-order valence-electron chi connectivity index (χ0n) is 14.6. The summed E-state index contributed by atoms with van der Waals surface area (Å²) < 4.78 is 13.1. The lowest BCUT2D eigenvalue weighted by Gasteiger charge is -2.26. The van der Waals surface area contributed by atoms with Crippen LogP contribution in [0.25, 0.3) is 11.0 Å². The highest BCUT2D eigenvalue weighted by Crippen LogP contribution is 2.36. The molecule has 7 heteroatoms. The van der Waals surface area contributed by atoms with E-state index in [1.165, 1.54) is 0 Å². The molecular weight excluding hydrogens is 318 g/mol. The van der Waals surface area contributed by atoms with Gasteiger partial charge in [-0.2, -0.15) is 5.10 Å². The lowest BCUT2D eigenvalue weighted by atomic mass is 9.95. The minimum atomic E-state index is 0.0779. The molecule has 7 nitrogen and oxygen atoms in total. The first kappa shape index (κ1) is 15.7. The van der Waals surface area contributed by atoms with E-state index in [2.05, 4.69) is 40.3 Å². The highest BCUT2D eigenvalue weighted by molar-refractivity contribution is 5.86. The number of ether oxygens (including phenoxy) is 2. The summed E-state index contributed by atoms with van der Waals surface area (Å²) in [4.78, 5) is 8.72. The normalized spacial score (nSPS) is 14.7. The zero-order chi connectivity index (χ0) is 17.4. The number of anilines is 1. The zero-order valence-corrected chi connectivity index (χ0v) is 14.6. The molecule has 1 aliphatic rings. The second-order valence-corrected chi connectivity index (χ2v) is 6.50. The summed E-state index contributed by atoms with van der Waals surface area (Å²) in [5.74, 6) is 2.73. The summed E-state index contributed by atoms with van der Waals surface area (Å²) in [6.45, 7) is 5.53. The SMILES string of the molecule is CC(C)[C@H](Nc1ncnc2c1cnn2C)c1ccc2c(c1)OCCO2. The topological polar surface area (TPSA) is 74.1 Å². The van der Waals surface area contributed by atoms with Gasteiger partial charge in [0.2, 0.25) is 0 Å². The van der Waals surface area contributed by atoms with E-state index in [-0.39, 0.29) is 6.04 Å². The molecule has 25 heavy (non-hydrogen) atoms. The van der Waals surface area contributed by atoms with E-state index in [0.29, 0.717) is 19.1 Å². The van der Waals surface area contributed by atoms with Crippen molar-refractivity contribution in [2.45, 2.75) is 19.9 Å². The monoisotopic (exact) mass is 339 g/mol. The van der Waals surface area contributed by atoms with Crippen LogP contribution in [0.15, 0.2) is 30.7 Å². The van der Waals surface area contributed by atoms with E-state index >= 15 is 0 Å². The van der Waals surface area contributed by atoms with Gasteiger partial charge in [0.05, 0.1) is 17.6 Å². The van der Waals surface area contributed by atoms with Crippen LogP contribution < -0.4 is 14.8 Å². The second-order valence-electron chi connectivity index (χ2n) is 6.50. The molecule has 4 rings (SSSR count). The second kappa shape index (κ2) is 6.23. The Morgan fingerprint density at radius 1 is 1.12 bits per heavy atom. The molecule has 0 spiro atoms. The molecule has 0 saturated heterocycles. The van der Waals surface area contributed by atoms with Crippen molar-refractivity contribution in [3.63, 3.8) is 0 Å². The Labute approximate surface area is 146 Å². The van der Waals surface area contributed by atoms with Crippen molar-refractivity contribution in [1.82, 2.24) is 19.7 Å². The Balaban J connectivity index is 1.70. The maximum Gasteiger partial charge on any atom is 0.163 e. The number of aryl methyl sites for hydroxylation is 1. The maximum absolute atomic E-state index is 5.73. The average Bonchev–Trinajstić information content (AvgIpc) is 3.01. The first-order valence-electron chi connectivity index (χ1n) is 8.42. The lowest BCUT2D eigenvalue weighted by Crippen LogP contribution is -2.19. The van der Waals surface area contributed by atoms with Gasteiger partial charge in [-0.1, -0.05) is 19.9 Å². The number of fused-ring (bicyclic) bond motifs is 2. The van der Waals surface area contributed by atoms with Crippen LogP contribution in [0.1, 0.15) is 25.5 Å². The molecule has 0 aliphatic carbocycles. The minimum Gasteiger partial charge on any atom is -0.486 e. The molecular formula is C18H21N5O2. The Hall–Kier alpha value is -2.83. The Kier molecular flexibility index (Phi) is 3.91. The molecule has 0 amide bonds. The van der Waals surface area contributed by atoms with Crippen LogP contribution in [0.3, 0.4) is 0 Å². The molecule has 130 valence electrons. The standard InChI is InChI=1S/C18H21N5O2/c1-11(2)16(12-4-5-14-15(8-12)25-7-6-24-14)22-17-13-9-21-23(3)18(13)20-10-19-17/h4-5,8-11,16H,6-7H2,1-3H3,(H,19,20,22)/t16-/m0/s1. The van der Waals surface area contributed by atoms with Crippen LogP contribution in [0, 0.1) is 5.92 Å². The third kappa shape index (κ3) is 2.86. The van der Waals surface area contributed by atoms with Crippen molar-refractivity contribution < 1.29 is 9.47 Å². The van der Waals surface area contributed by atoms with Gasteiger partial charge in [-0.05, 0) is 23.6 Å². The predicted molar refractivity (Wildman–Crippen MR) is 94.9 cm³/mol. The number of nitrogens with zero attached hydrogens (tertiary/aromatic N) is 4. The molecule has 2 aromatic heterocycles. The minimum absolute atomic E-state index is 0.0779. The Morgan fingerprint density at radius 2 is 1.92 bits per heavy atom. The van der Waals surface area contributed by atoms with E-state index in [1.54, 1.807) is 17.2 Å². The fraction of sp³-hybridized carbons (Fsp3) is 0.389. The van der Waals surface area contributed by atoms with Crippen molar-refractivity contribution in [2.24, 2.45) is 13.0 Å². The van der Waals surface area contributed by atoms with Gasteiger partial charge in [0, 0.05) is 7.05 Å². The molecule has 0 radical (unpaired) electrons. The molecule has 1 aromatic carbocycles. The summed E-state index contributed by atoms with van der Waals surface area (Å²) in [6.07, 6.45) is 3.35. The summed E-state index contributed by atoms with van der Waals surface area (Å²) >= 11 is 0. The average molecular weight is 339 g/mol. The third-order valence-electron chi connectivity index (χ3n) is 4.41. The summed E-state index contributed by atoms with van der Waals surface area (Å²) in [6, 6.07) is 6.18. The van der Waals surface area contributed by atoms with Gasteiger partial charge in [-0.25, -0.2) is 9.97 Å². The van der Waals surface area contributed by atoms with Crippen molar-refractivity contribution in [3.8, 4) is 11.5 Å². The van der Waals surface area contributed by atoms with E-state index < -0.39 is 0 Å². The summed E-state index contributed by atoms with van der Waals surface area (Å²) in [5, 5.41) is 8.74. The Morgan fingerprint density at radius 3 is 2.72 bits per heavy atom. The fourth-order valence-electron chi connectivity index (χ4n) is 3.11. The van der Waals surface area contributed by atoms with Gasteiger partial charge < -0.3 is 14.8 Å². The molecule has 1 N–H and O–H groups in total. The third-order valence-corrected chi connectivity index (χ3v) is 4.41. The number of benzene rings is 1. The molecule has 0 fully saturated rings. The van der Waals surface area contributed by atoms with Gasteiger partial charge in [-0.15, -0.1) is 0 Å². The quantitative estimate of drug-likeness (QED) is 0.788. The van der Waals surface area contributed by atoms with Crippen LogP contribution in [-0.2, 0) is 7.05 Å². The van der Waals surface area contributed by atoms with E-state index in [9.17, 15) is 0 Å². The number of rotatable bonds is 4. The maximum atomic E-state index is 5.73. The van der Waals surface area contributed by atoms with Crippen molar-refractivity contribution >= 4 is 16.9 Å². The van der Waals surface area contributed by atoms with Gasteiger partial charge >= 0.3 is 0 Å². The predicted octanol–water partition coefficient (Wildman–Crippen LogP) is 2.94. The highest BCUT2D eigenvalue weighted by Gasteiger charge is 2.21. The summed E-state index contributed by atoms with van der Waals surface area (Å²) in [7, 11) is 1.87. The van der Waals surface area contributed by atoms with Crippen molar-refractivity contribution in [1.29, 1.82) is 0 Å². The van der Waals surface area contributed by atoms with Gasteiger partial charge in [0.25, 0.3) is 0 Å². The van der Waals surface area contributed by atoms with Crippen LogP contribution in [-0.4, -0.2) is 33.0 Å². The van der Waals surface area contributed by atoms with Gasteiger partial charge in [-0.3, -0.25) is 4.68 Å².